The van der Waals surface area contributed by atoms with Crippen LogP contribution in [0.5, 0.6) is 0 Å². The van der Waals surface area contributed by atoms with E-state index in [4.69, 9.17) is 4.74 Å². The Morgan fingerprint density at radius 3 is 2.82 bits per heavy atom. The Hall–Kier alpha value is -1.72. The number of ether oxygens (including phenoxy) is 1. The average Bonchev–Trinajstić information content (AvgIpc) is 3.18. The highest BCUT2D eigenvalue weighted by atomic mass is 16.6. The normalized spacial score (nSPS) is 22.5. The number of anilines is 1. The van der Waals surface area contributed by atoms with Crippen molar-refractivity contribution in [3.8, 4) is 0 Å². The van der Waals surface area contributed by atoms with E-state index in [0.717, 1.165) is 25.1 Å². The molecule has 0 radical (unpaired) electrons. The average molecular weight is 306 g/mol. The van der Waals surface area contributed by atoms with E-state index in [1.54, 1.807) is 4.90 Å². The summed E-state index contributed by atoms with van der Waals surface area (Å²) in [6, 6.07) is 0.860. The SMILES string of the molecule is CC(C)(C)OC(=O)N1CCCC(Nc2cnn(C3CC3)c2)C1. The van der Waals surface area contributed by atoms with Crippen molar-refractivity contribution in [2.75, 3.05) is 18.4 Å². The zero-order valence-electron chi connectivity index (χ0n) is 13.7. The summed E-state index contributed by atoms with van der Waals surface area (Å²) in [5.41, 5.74) is 0.603. The molecule has 2 heterocycles. The van der Waals surface area contributed by atoms with E-state index in [0.29, 0.717) is 12.6 Å². The van der Waals surface area contributed by atoms with Crippen LogP contribution < -0.4 is 5.32 Å². The van der Waals surface area contributed by atoms with Crippen molar-refractivity contribution in [1.29, 1.82) is 0 Å². The topological polar surface area (TPSA) is 59.4 Å². The fourth-order valence-corrected chi connectivity index (χ4v) is 2.77. The quantitative estimate of drug-likeness (QED) is 0.932. The van der Waals surface area contributed by atoms with Gasteiger partial charge in [-0.05, 0) is 46.5 Å². The van der Waals surface area contributed by atoms with Gasteiger partial charge in [-0.25, -0.2) is 4.79 Å². The Morgan fingerprint density at radius 1 is 1.36 bits per heavy atom. The molecule has 1 atom stereocenters. The third-order valence-corrected chi connectivity index (χ3v) is 3.97. The molecule has 0 aromatic carbocycles. The van der Waals surface area contributed by atoms with Gasteiger partial charge in [0.15, 0.2) is 0 Å². The van der Waals surface area contributed by atoms with E-state index in [9.17, 15) is 4.79 Å². The number of carbonyl (C=O) groups is 1. The Morgan fingerprint density at radius 2 is 2.14 bits per heavy atom. The van der Waals surface area contributed by atoms with Crippen LogP contribution in [-0.4, -0.2) is 45.5 Å². The first-order valence-electron chi connectivity index (χ1n) is 8.19. The molecule has 1 unspecified atom stereocenters. The first kappa shape index (κ1) is 15.2. The van der Waals surface area contributed by atoms with Crippen molar-refractivity contribution in [3.05, 3.63) is 12.4 Å². The molecule has 1 saturated heterocycles. The summed E-state index contributed by atoms with van der Waals surface area (Å²) in [6.45, 7) is 7.16. The van der Waals surface area contributed by atoms with Crippen molar-refractivity contribution in [2.45, 2.75) is 64.1 Å². The van der Waals surface area contributed by atoms with E-state index in [2.05, 4.69) is 16.6 Å². The van der Waals surface area contributed by atoms with Crippen LogP contribution >= 0.6 is 0 Å². The number of amides is 1. The van der Waals surface area contributed by atoms with Gasteiger partial charge in [-0.15, -0.1) is 0 Å². The van der Waals surface area contributed by atoms with Crippen LogP contribution in [0.1, 0.15) is 52.5 Å². The lowest BCUT2D eigenvalue weighted by Gasteiger charge is -2.34. The van der Waals surface area contributed by atoms with Crippen molar-refractivity contribution >= 4 is 11.8 Å². The van der Waals surface area contributed by atoms with Gasteiger partial charge in [-0.1, -0.05) is 0 Å². The van der Waals surface area contributed by atoms with Gasteiger partial charge in [-0.2, -0.15) is 5.10 Å². The smallest absolute Gasteiger partial charge is 0.410 e. The van der Waals surface area contributed by atoms with Gasteiger partial charge in [0, 0.05) is 25.3 Å². The van der Waals surface area contributed by atoms with Crippen molar-refractivity contribution in [3.63, 3.8) is 0 Å². The molecule has 1 amide bonds. The van der Waals surface area contributed by atoms with Crippen LogP contribution in [0, 0.1) is 0 Å². The second kappa shape index (κ2) is 5.82. The maximum Gasteiger partial charge on any atom is 0.410 e. The molecular formula is C16H26N4O2. The molecule has 1 aromatic heterocycles. The molecular weight excluding hydrogens is 280 g/mol. The number of nitrogens with zero attached hydrogens (tertiary/aromatic N) is 3. The number of aromatic nitrogens is 2. The molecule has 1 aliphatic heterocycles. The first-order chi connectivity index (χ1) is 10.4. The minimum Gasteiger partial charge on any atom is -0.444 e. The molecule has 1 saturated carbocycles. The number of likely N-dealkylation sites (tertiary alicyclic amines) is 1. The molecule has 122 valence electrons. The summed E-state index contributed by atoms with van der Waals surface area (Å²) in [6.07, 6.45) is 8.26. The summed E-state index contributed by atoms with van der Waals surface area (Å²) in [4.78, 5) is 14.0. The highest BCUT2D eigenvalue weighted by Crippen LogP contribution is 2.34. The number of piperidine rings is 1. The summed E-state index contributed by atoms with van der Waals surface area (Å²) in [5.74, 6) is 0. The van der Waals surface area contributed by atoms with E-state index < -0.39 is 5.60 Å². The lowest BCUT2D eigenvalue weighted by Crippen LogP contribution is -2.46. The summed E-state index contributed by atoms with van der Waals surface area (Å²) in [5, 5.41) is 7.89. The van der Waals surface area contributed by atoms with Gasteiger partial charge in [0.25, 0.3) is 0 Å². The summed E-state index contributed by atoms with van der Waals surface area (Å²) in [7, 11) is 0. The van der Waals surface area contributed by atoms with Gasteiger partial charge < -0.3 is 15.0 Å². The Kier molecular flexibility index (Phi) is 4.02. The Labute approximate surface area is 131 Å². The number of carbonyl (C=O) groups excluding carboxylic acids is 1. The molecule has 6 nitrogen and oxygen atoms in total. The molecule has 1 aliphatic carbocycles. The molecule has 1 N–H and O–H groups in total. The minimum atomic E-state index is -0.442. The van der Waals surface area contributed by atoms with E-state index >= 15 is 0 Å². The van der Waals surface area contributed by atoms with Crippen molar-refractivity contribution in [2.24, 2.45) is 0 Å². The predicted octanol–water partition coefficient (Wildman–Crippen LogP) is 3.03. The van der Waals surface area contributed by atoms with Gasteiger partial charge in [0.1, 0.15) is 5.60 Å². The lowest BCUT2D eigenvalue weighted by molar-refractivity contribution is 0.0206. The maximum absolute atomic E-state index is 12.2. The van der Waals surface area contributed by atoms with E-state index in [-0.39, 0.29) is 12.1 Å². The molecule has 6 heteroatoms. The zero-order valence-corrected chi connectivity index (χ0v) is 13.7. The monoisotopic (exact) mass is 306 g/mol. The Balaban J connectivity index is 1.54. The molecule has 22 heavy (non-hydrogen) atoms. The molecule has 2 fully saturated rings. The molecule has 0 bridgehead atoms. The highest BCUT2D eigenvalue weighted by molar-refractivity contribution is 5.68. The molecule has 0 spiro atoms. The van der Waals surface area contributed by atoms with Crippen molar-refractivity contribution in [1.82, 2.24) is 14.7 Å². The number of rotatable bonds is 3. The van der Waals surface area contributed by atoms with Crippen LogP contribution in [-0.2, 0) is 4.74 Å². The third-order valence-electron chi connectivity index (χ3n) is 3.97. The summed E-state index contributed by atoms with van der Waals surface area (Å²) < 4.78 is 7.50. The van der Waals surface area contributed by atoms with Crippen molar-refractivity contribution < 1.29 is 9.53 Å². The second-order valence-corrected chi connectivity index (χ2v) is 7.35. The number of hydrogen-bond donors (Lipinski definition) is 1. The van der Waals surface area contributed by atoms with Crippen LogP contribution in [0.25, 0.3) is 0 Å². The zero-order chi connectivity index (χ0) is 15.7. The van der Waals surface area contributed by atoms with Gasteiger partial charge in [-0.3, -0.25) is 4.68 Å². The molecule has 3 rings (SSSR count). The largest absolute Gasteiger partial charge is 0.444 e. The number of nitrogens with one attached hydrogen (secondary N) is 1. The number of hydrogen-bond acceptors (Lipinski definition) is 4. The third kappa shape index (κ3) is 3.93. The van der Waals surface area contributed by atoms with Gasteiger partial charge in [0.2, 0.25) is 0 Å². The van der Waals surface area contributed by atoms with E-state index in [1.165, 1.54) is 12.8 Å². The fraction of sp³-hybridized carbons (Fsp3) is 0.750. The summed E-state index contributed by atoms with van der Waals surface area (Å²) >= 11 is 0. The minimum absolute atomic E-state index is 0.215. The standard InChI is InChI=1S/C16H26N4O2/c1-16(2,3)22-15(21)19-8-4-5-12(10-19)18-13-9-17-20(11-13)14-6-7-14/h9,11-12,14,18H,4-8,10H2,1-3H3. The Bertz CT molecular complexity index is 530. The van der Waals surface area contributed by atoms with Crippen LogP contribution in [0.3, 0.4) is 0 Å². The van der Waals surface area contributed by atoms with Crippen LogP contribution in [0.4, 0.5) is 10.5 Å². The highest BCUT2D eigenvalue weighted by Gasteiger charge is 2.28. The lowest BCUT2D eigenvalue weighted by atomic mass is 10.1. The van der Waals surface area contributed by atoms with Crippen LogP contribution in [0.15, 0.2) is 12.4 Å². The van der Waals surface area contributed by atoms with E-state index in [1.807, 2.05) is 31.6 Å². The second-order valence-electron chi connectivity index (χ2n) is 7.35. The predicted molar refractivity (Wildman–Crippen MR) is 84.9 cm³/mol. The molecule has 2 aliphatic rings. The van der Waals surface area contributed by atoms with Crippen LogP contribution in [0.2, 0.25) is 0 Å². The fourth-order valence-electron chi connectivity index (χ4n) is 2.77. The van der Waals surface area contributed by atoms with Gasteiger partial charge >= 0.3 is 6.09 Å². The molecule has 1 aromatic rings. The maximum atomic E-state index is 12.2. The van der Waals surface area contributed by atoms with Gasteiger partial charge in [0.05, 0.1) is 17.9 Å². The first-order valence-corrected chi connectivity index (χ1v) is 8.19.